The highest BCUT2D eigenvalue weighted by Gasteiger charge is 2.49. The van der Waals surface area contributed by atoms with Crippen LogP contribution in [0.4, 0.5) is 0 Å². The summed E-state index contributed by atoms with van der Waals surface area (Å²) in [6.45, 7) is 4.13. The summed E-state index contributed by atoms with van der Waals surface area (Å²) in [7, 11) is -4.01. The van der Waals surface area contributed by atoms with Crippen molar-refractivity contribution < 1.29 is 17.7 Å². The Kier molecular flexibility index (Phi) is 7.21. The van der Waals surface area contributed by atoms with Crippen molar-refractivity contribution in [2.45, 2.75) is 95.2 Å². The molecular weight excluding hydrogens is 372 g/mol. The zero-order valence-corrected chi connectivity index (χ0v) is 18.2. The lowest BCUT2D eigenvalue weighted by Gasteiger charge is -2.45. The standard InChI is InChI=1S/C23H36O4S/c1-3-7-19-12-14-21(15-13-19)23(24,20-8-5-4-6-9-20)27-28(25,26)22-16-10-18(2)11-17-22/h10-11,16-17,19-21,24H,3-9,12-15H2,1-2H3. The van der Waals surface area contributed by atoms with Gasteiger partial charge in [-0.3, -0.25) is 0 Å². The molecule has 28 heavy (non-hydrogen) atoms. The van der Waals surface area contributed by atoms with E-state index >= 15 is 0 Å². The first-order chi connectivity index (χ1) is 13.3. The Balaban J connectivity index is 1.83. The summed E-state index contributed by atoms with van der Waals surface area (Å²) >= 11 is 0. The van der Waals surface area contributed by atoms with Gasteiger partial charge in [0.15, 0.2) is 5.79 Å². The van der Waals surface area contributed by atoms with Crippen LogP contribution in [0.5, 0.6) is 0 Å². The minimum absolute atomic E-state index is 0.103. The van der Waals surface area contributed by atoms with E-state index in [9.17, 15) is 13.5 Å². The monoisotopic (exact) mass is 408 g/mol. The molecule has 1 N–H and O–H groups in total. The number of benzene rings is 1. The van der Waals surface area contributed by atoms with Crippen LogP contribution in [0.15, 0.2) is 29.2 Å². The molecule has 0 saturated heterocycles. The number of aliphatic hydroxyl groups is 1. The molecule has 2 aliphatic rings. The van der Waals surface area contributed by atoms with Gasteiger partial charge in [0, 0.05) is 11.8 Å². The van der Waals surface area contributed by atoms with Crippen LogP contribution in [0.2, 0.25) is 0 Å². The van der Waals surface area contributed by atoms with Crippen molar-refractivity contribution in [3.8, 4) is 0 Å². The molecule has 3 rings (SSSR count). The van der Waals surface area contributed by atoms with E-state index in [4.69, 9.17) is 4.18 Å². The first-order valence-corrected chi connectivity index (χ1v) is 12.5. The maximum Gasteiger partial charge on any atom is 0.299 e. The molecule has 2 fully saturated rings. The summed E-state index contributed by atoms with van der Waals surface area (Å²) in [6, 6.07) is 6.69. The SMILES string of the molecule is CCCC1CCC(C(O)(OS(=O)(=O)c2ccc(C)cc2)C2CCCCC2)CC1. The molecule has 0 aromatic heterocycles. The van der Waals surface area contributed by atoms with Gasteiger partial charge in [-0.2, -0.15) is 8.42 Å². The predicted octanol–water partition coefficient (Wildman–Crippen LogP) is 5.58. The Hall–Kier alpha value is -0.910. The lowest BCUT2D eigenvalue weighted by molar-refractivity contribution is -0.226. The fraction of sp³-hybridized carbons (Fsp3) is 0.739. The Bertz CT molecular complexity index is 713. The number of aryl methyl sites for hydroxylation is 1. The van der Waals surface area contributed by atoms with Crippen molar-refractivity contribution >= 4 is 10.1 Å². The second-order valence-electron chi connectivity index (χ2n) is 8.94. The van der Waals surface area contributed by atoms with Crippen LogP contribution in [0, 0.1) is 24.7 Å². The third-order valence-electron chi connectivity index (χ3n) is 6.87. The lowest BCUT2D eigenvalue weighted by atomic mass is 9.70. The Morgan fingerprint density at radius 3 is 2.11 bits per heavy atom. The maximum absolute atomic E-state index is 13.0. The average Bonchev–Trinajstić information content (AvgIpc) is 2.69. The van der Waals surface area contributed by atoms with E-state index in [0.29, 0.717) is 5.92 Å². The Labute approximate surface area is 170 Å². The minimum atomic E-state index is -4.01. The summed E-state index contributed by atoms with van der Waals surface area (Å²) in [5.41, 5.74) is 0.996. The molecule has 158 valence electrons. The zero-order chi connectivity index (χ0) is 20.2. The fourth-order valence-corrected chi connectivity index (χ4v) is 6.38. The van der Waals surface area contributed by atoms with E-state index in [1.807, 2.05) is 6.92 Å². The lowest BCUT2D eigenvalue weighted by Crippen LogP contribution is -2.50. The molecule has 2 aliphatic carbocycles. The molecule has 0 heterocycles. The van der Waals surface area contributed by atoms with Gasteiger partial charge in [-0.1, -0.05) is 56.7 Å². The van der Waals surface area contributed by atoms with Crippen molar-refractivity contribution in [2.75, 3.05) is 0 Å². The van der Waals surface area contributed by atoms with Crippen LogP contribution in [-0.4, -0.2) is 19.3 Å². The molecule has 5 heteroatoms. The molecule has 0 radical (unpaired) electrons. The third kappa shape index (κ3) is 4.98. The highest BCUT2D eigenvalue weighted by molar-refractivity contribution is 7.86. The van der Waals surface area contributed by atoms with E-state index in [-0.39, 0.29) is 16.7 Å². The van der Waals surface area contributed by atoms with E-state index in [1.54, 1.807) is 24.3 Å². The van der Waals surface area contributed by atoms with Crippen molar-refractivity contribution in [1.29, 1.82) is 0 Å². The normalized spacial score (nSPS) is 26.7. The predicted molar refractivity (Wildman–Crippen MR) is 111 cm³/mol. The van der Waals surface area contributed by atoms with E-state index < -0.39 is 15.9 Å². The first kappa shape index (κ1) is 21.8. The van der Waals surface area contributed by atoms with Crippen molar-refractivity contribution in [2.24, 2.45) is 17.8 Å². The smallest absolute Gasteiger partial charge is 0.299 e. The molecule has 1 atom stereocenters. The van der Waals surface area contributed by atoms with Gasteiger partial charge in [0.2, 0.25) is 0 Å². The molecule has 2 saturated carbocycles. The summed E-state index contributed by atoms with van der Waals surface area (Å²) in [4.78, 5) is 0.131. The molecule has 0 aliphatic heterocycles. The Morgan fingerprint density at radius 2 is 1.54 bits per heavy atom. The fourth-order valence-electron chi connectivity index (χ4n) is 5.19. The van der Waals surface area contributed by atoms with Gasteiger partial charge in [-0.25, -0.2) is 4.18 Å². The van der Waals surface area contributed by atoms with Gasteiger partial charge in [0.1, 0.15) is 0 Å². The molecule has 1 aromatic carbocycles. The first-order valence-electron chi connectivity index (χ1n) is 11.1. The van der Waals surface area contributed by atoms with Crippen molar-refractivity contribution in [1.82, 2.24) is 0 Å². The number of rotatable bonds is 7. The van der Waals surface area contributed by atoms with Crippen LogP contribution in [0.1, 0.15) is 83.1 Å². The zero-order valence-electron chi connectivity index (χ0n) is 17.4. The average molecular weight is 409 g/mol. The van der Waals surface area contributed by atoms with E-state index in [1.165, 1.54) is 12.8 Å². The maximum atomic E-state index is 13.0. The quantitative estimate of drug-likeness (QED) is 0.473. The number of hydrogen-bond donors (Lipinski definition) is 1. The third-order valence-corrected chi connectivity index (χ3v) is 8.21. The largest absolute Gasteiger partial charge is 0.364 e. The second-order valence-corrected chi connectivity index (χ2v) is 10.5. The second kappa shape index (κ2) is 9.27. The summed E-state index contributed by atoms with van der Waals surface area (Å²) in [5.74, 6) is -1.09. The molecule has 0 spiro atoms. The topological polar surface area (TPSA) is 63.6 Å². The van der Waals surface area contributed by atoms with E-state index in [2.05, 4.69) is 6.92 Å². The van der Waals surface area contributed by atoms with Gasteiger partial charge in [0.25, 0.3) is 10.1 Å². The van der Waals surface area contributed by atoms with Gasteiger partial charge in [-0.15, -0.1) is 0 Å². The molecule has 0 bridgehead atoms. The van der Waals surface area contributed by atoms with Gasteiger partial charge < -0.3 is 5.11 Å². The van der Waals surface area contributed by atoms with Crippen LogP contribution in [0.3, 0.4) is 0 Å². The molecule has 0 amide bonds. The Morgan fingerprint density at radius 1 is 0.964 bits per heavy atom. The molecule has 1 unspecified atom stereocenters. The minimum Gasteiger partial charge on any atom is -0.364 e. The van der Waals surface area contributed by atoms with Gasteiger partial charge >= 0.3 is 0 Å². The van der Waals surface area contributed by atoms with Crippen LogP contribution in [-0.2, 0) is 14.3 Å². The number of hydrogen-bond acceptors (Lipinski definition) is 4. The molecule has 4 nitrogen and oxygen atoms in total. The van der Waals surface area contributed by atoms with E-state index in [0.717, 1.165) is 63.4 Å². The van der Waals surface area contributed by atoms with Gasteiger partial charge in [-0.05, 0) is 63.5 Å². The van der Waals surface area contributed by atoms with Crippen LogP contribution >= 0.6 is 0 Å². The van der Waals surface area contributed by atoms with Gasteiger partial charge in [0.05, 0.1) is 4.90 Å². The van der Waals surface area contributed by atoms with Crippen LogP contribution in [0.25, 0.3) is 0 Å². The van der Waals surface area contributed by atoms with Crippen molar-refractivity contribution in [3.05, 3.63) is 29.8 Å². The highest BCUT2D eigenvalue weighted by atomic mass is 32.2. The summed E-state index contributed by atoms with van der Waals surface area (Å²) in [5, 5.41) is 11.7. The summed E-state index contributed by atoms with van der Waals surface area (Å²) < 4.78 is 31.8. The summed E-state index contributed by atoms with van der Waals surface area (Å²) in [6.07, 6.45) is 11.1. The molecule has 1 aromatic rings. The highest BCUT2D eigenvalue weighted by Crippen LogP contribution is 2.46. The van der Waals surface area contributed by atoms with Crippen molar-refractivity contribution in [3.63, 3.8) is 0 Å². The van der Waals surface area contributed by atoms with Crippen LogP contribution < -0.4 is 0 Å². The molecular formula is C23H36O4S.